The van der Waals surface area contributed by atoms with Gasteiger partial charge in [0.1, 0.15) is 33.5 Å². The van der Waals surface area contributed by atoms with Crippen molar-refractivity contribution in [2.24, 2.45) is 0 Å². The number of furan rings is 3. The van der Waals surface area contributed by atoms with E-state index in [1.54, 1.807) is 0 Å². The third kappa shape index (κ3) is 12.9. The predicted molar refractivity (Wildman–Crippen MR) is 563 cm³/mol. The third-order valence-corrected chi connectivity index (χ3v) is 27.2. The second kappa shape index (κ2) is 31.4. The number of hydrogen-bond donors (Lipinski definition) is 0. The summed E-state index contributed by atoms with van der Waals surface area (Å²) < 4.78 is 19.3. The average molecular weight is 1700 g/mol. The van der Waals surface area contributed by atoms with Crippen LogP contribution in [0.2, 0.25) is 0 Å². The molecule has 133 heavy (non-hydrogen) atoms. The molecule has 622 valence electrons. The van der Waals surface area contributed by atoms with Crippen LogP contribution in [0.15, 0.2) is 486 Å². The van der Waals surface area contributed by atoms with Crippen molar-refractivity contribution in [2.45, 2.75) is 6.92 Å². The standard InChI is InChI=1S/C46H29NO.C41H27NO.C40H25NO/c1-2-9-30(10-3-1)31-21-25-36(26-22-31)47(42-28-24-34-20-19-32-11-6-12-33-23-27-41(42)45(34)44(32)33)37-14-7-13-35(29-37)38-16-8-17-40-39-15-4-5-18-43(39)48-46(38)40;1-26-8-4-12-31(24-26)42(37-23-21-29-19-18-27-9-5-10-28-20-22-36(37)40(29)39(27)28)32-13-6-11-30(25-32)33-15-7-16-35-34-14-2-3-17-38(34)43-41(33)35;1-2-12-30(13-3-1)41(36-24-22-28-20-19-26-9-6-10-27-21-23-35(36)39(28)38(26)27)31-14-7-11-29(25-31)32-16-8-17-34-33-15-4-5-18-37(33)42-40(32)34/h1-29H;2-25H,1H3;1-25H. The number of benzene rings is 25. The van der Waals surface area contributed by atoms with E-state index in [4.69, 9.17) is 13.3 Å². The van der Waals surface area contributed by atoms with Gasteiger partial charge in [0.25, 0.3) is 0 Å². The highest BCUT2D eigenvalue weighted by molar-refractivity contribution is 6.29. The molecule has 3 aromatic heterocycles. The summed E-state index contributed by atoms with van der Waals surface area (Å²) in [6.45, 7) is 2.16. The summed E-state index contributed by atoms with van der Waals surface area (Å²) in [5.41, 5.74) is 25.8. The Bertz CT molecular complexity index is 9350. The van der Waals surface area contributed by atoms with E-state index in [-0.39, 0.29) is 0 Å². The fourth-order valence-electron chi connectivity index (χ4n) is 21.2. The molecule has 0 fully saturated rings. The monoisotopic (exact) mass is 1700 g/mol. The normalized spacial score (nSPS) is 11.8. The summed E-state index contributed by atoms with van der Waals surface area (Å²) in [6.07, 6.45) is 0. The number of hydrogen-bond acceptors (Lipinski definition) is 6. The summed E-state index contributed by atoms with van der Waals surface area (Å²) in [5, 5.41) is 29.9. The molecule has 0 bridgehead atoms. The lowest BCUT2D eigenvalue weighted by molar-refractivity contribution is 0.669. The second-order valence-electron chi connectivity index (χ2n) is 34.9. The van der Waals surface area contributed by atoms with Crippen molar-refractivity contribution in [3.8, 4) is 44.5 Å². The van der Waals surface area contributed by atoms with Gasteiger partial charge in [0.15, 0.2) is 0 Å². The Kier molecular flexibility index (Phi) is 18.1. The molecule has 28 rings (SSSR count). The third-order valence-electron chi connectivity index (χ3n) is 27.2. The Morgan fingerprint density at radius 3 is 0.782 bits per heavy atom. The van der Waals surface area contributed by atoms with Crippen molar-refractivity contribution in [1.29, 1.82) is 0 Å². The smallest absolute Gasteiger partial charge is 0.143 e. The van der Waals surface area contributed by atoms with Gasteiger partial charge >= 0.3 is 0 Å². The molecule has 6 nitrogen and oxygen atoms in total. The van der Waals surface area contributed by atoms with Gasteiger partial charge in [-0.25, -0.2) is 0 Å². The van der Waals surface area contributed by atoms with Gasteiger partial charge in [-0.1, -0.05) is 364 Å². The summed E-state index contributed by atoms with van der Waals surface area (Å²) in [7, 11) is 0. The summed E-state index contributed by atoms with van der Waals surface area (Å²) >= 11 is 0. The van der Waals surface area contributed by atoms with E-state index in [2.05, 4.69) is 458 Å². The molecule has 3 heterocycles. The predicted octanol–water partition coefficient (Wildman–Crippen LogP) is 36.8. The quantitative estimate of drug-likeness (QED) is 0.107. The van der Waals surface area contributed by atoms with E-state index in [0.29, 0.717) is 0 Å². The Hall–Kier alpha value is -17.6. The van der Waals surface area contributed by atoms with Crippen molar-refractivity contribution in [3.05, 3.63) is 479 Å². The number of rotatable bonds is 13. The molecule has 0 N–H and O–H groups in total. The molecule has 25 aromatic carbocycles. The maximum atomic E-state index is 6.47. The zero-order chi connectivity index (χ0) is 87.7. The maximum absolute atomic E-state index is 6.47. The van der Waals surface area contributed by atoms with Gasteiger partial charge in [0.05, 0.1) is 17.1 Å². The highest BCUT2D eigenvalue weighted by atomic mass is 16.3. The minimum atomic E-state index is 0.907. The van der Waals surface area contributed by atoms with Crippen LogP contribution in [-0.2, 0) is 0 Å². The van der Waals surface area contributed by atoms with Crippen molar-refractivity contribution in [3.63, 3.8) is 0 Å². The summed E-state index contributed by atoms with van der Waals surface area (Å²) in [5.74, 6) is 0. The van der Waals surface area contributed by atoms with E-state index < -0.39 is 0 Å². The second-order valence-corrected chi connectivity index (χ2v) is 34.9. The molecule has 0 spiro atoms. The largest absolute Gasteiger partial charge is 0.455 e. The highest BCUT2D eigenvalue weighted by Crippen LogP contribution is 2.52. The average Bonchev–Trinajstić information content (AvgIpc) is 1.72. The van der Waals surface area contributed by atoms with Crippen LogP contribution in [0.25, 0.3) is 207 Å². The molecule has 0 saturated heterocycles. The first kappa shape index (κ1) is 76.6. The van der Waals surface area contributed by atoms with Crippen LogP contribution in [0.4, 0.5) is 51.2 Å². The van der Waals surface area contributed by atoms with Gasteiger partial charge in [-0.15, -0.1) is 0 Å². The molecule has 0 aliphatic heterocycles. The van der Waals surface area contributed by atoms with Gasteiger partial charge in [-0.2, -0.15) is 0 Å². The highest BCUT2D eigenvalue weighted by Gasteiger charge is 2.26. The lowest BCUT2D eigenvalue weighted by Crippen LogP contribution is -2.11. The van der Waals surface area contributed by atoms with Crippen molar-refractivity contribution < 1.29 is 13.3 Å². The molecule has 0 amide bonds. The maximum Gasteiger partial charge on any atom is 0.143 e. The molecule has 0 atom stereocenters. The lowest BCUT2D eigenvalue weighted by atomic mass is 9.93. The Balaban J connectivity index is 0.000000105. The molecule has 0 aliphatic rings. The van der Waals surface area contributed by atoms with Gasteiger partial charge in [0, 0.05) is 99.3 Å². The van der Waals surface area contributed by atoms with Crippen LogP contribution < -0.4 is 14.7 Å². The SMILES string of the molecule is Cc1cccc(N(c2cccc(-c3cccc4c3oc3ccccc34)c2)c2ccc3ccc4cccc5ccc2c3c45)c1.c1ccc(-c2ccc(N(c3cccc(-c4cccc5c4oc4ccccc45)c3)c3ccc4ccc5cccc6ccc3c4c56)cc2)cc1.c1ccc(N(c2cccc(-c3cccc4c3oc3ccccc34)c2)c2ccc3ccc4cccc5ccc2c3c45)cc1. The molecule has 0 aliphatic carbocycles. The van der Waals surface area contributed by atoms with Gasteiger partial charge in [0.2, 0.25) is 0 Å². The van der Waals surface area contributed by atoms with Crippen LogP contribution in [0.5, 0.6) is 0 Å². The number of anilines is 9. The molecular formula is C127H81N3O3. The molecule has 6 heteroatoms. The molecule has 0 saturated carbocycles. The molecular weight excluding hydrogens is 1620 g/mol. The number of fused-ring (bicyclic) bond motifs is 9. The van der Waals surface area contributed by atoms with Gasteiger partial charge in [-0.3, -0.25) is 0 Å². The first-order chi connectivity index (χ1) is 65.9. The van der Waals surface area contributed by atoms with Crippen molar-refractivity contribution in [2.75, 3.05) is 14.7 Å². The fourth-order valence-corrected chi connectivity index (χ4v) is 21.2. The Labute approximate surface area is 766 Å². The fraction of sp³-hybridized carbons (Fsp3) is 0.00787. The minimum absolute atomic E-state index is 0.907. The van der Waals surface area contributed by atoms with E-state index in [9.17, 15) is 0 Å². The van der Waals surface area contributed by atoms with Crippen molar-refractivity contribution in [1.82, 2.24) is 0 Å². The van der Waals surface area contributed by atoms with Crippen LogP contribution >= 0.6 is 0 Å². The van der Waals surface area contributed by atoms with Crippen LogP contribution in [0.3, 0.4) is 0 Å². The minimum Gasteiger partial charge on any atom is -0.455 e. The lowest BCUT2D eigenvalue weighted by Gasteiger charge is -2.28. The van der Waals surface area contributed by atoms with E-state index >= 15 is 0 Å². The first-order valence-electron chi connectivity index (χ1n) is 45.6. The molecule has 0 unspecified atom stereocenters. The first-order valence-corrected chi connectivity index (χ1v) is 45.6. The Morgan fingerprint density at radius 2 is 0.414 bits per heavy atom. The van der Waals surface area contributed by atoms with Gasteiger partial charge < -0.3 is 28.0 Å². The zero-order valence-corrected chi connectivity index (χ0v) is 72.6. The van der Waals surface area contributed by atoms with Crippen LogP contribution in [0, 0.1) is 6.92 Å². The topological polar surface area (TPSA) is 49.1 Å². The number of aryl methyl sites for hydroxylation is 1. The van der Waals surface area contributed by atoms with Crippen LogP contribution in [0.1, 0.15) is 5.56 Å². The number of para-hydroxylation sites is 7. The summed E-state index contributed by atoms with van der Waals surface area (Å²) in [4.78, 5) is 7.19. The van der Waals surface area contributed by atoms with Gasteiger partial charge in [-0.05, 0) is 230 Å². The van der Waals surface area contributed by atoms with E-state index in [1.165, 1.54) is 114 Å². The van der Waals surface area contributed by atoms with E-state index in [0.717, 1.165) is 150 Å². The van der Waals surface area contributed by atoms with Crippen molar-refractivity contribution >= 4 is 214 Å². The van der Waals surface area contributed by atoms with E-state index in [1.807, 2.05) is 36.4 Å². The molecule has 28 aromatic rings. The zero-order valence-electron chi connectivity index (χ0n) is 72.6. The molecule has 0 radical (unpaired) electrons. The summed E-state index contributed by atoms with van der Waals surface area (Å²) in [6, 6.07) is 170. The Morgan fingerprint density at radius 1 is 0.158 bits per heavy atom. The number of nitrogens with zero attached hydrogens (tertiary/aromatic N) is 3. The van der Waals surface area contributed by atoms with Crippen LogP contribution in [-0.4, -0.2) is 0 Å².